The second-order valence-electron chi connectivity index (χ2n) is 7.01. The Morgan fingerprint density at radius 2 is 1.90 bits per heavy atom. The second-order valence-corrected chi connectivity index (χ2v) is 7.83. The van der Waals surface area contributed by atoms with E-state index in [1.165, 1.54) is 12.1 Å². The molecule has 0 saturated heterocycles. The van der Waals surface area contributed by atoms with Gasteiger partial charge in [0, 0.05) is 29.9 Å². The molecular weight excluding hydrogens is 439 g/mol. The van der Waals surface area contributed by atoms with Crippen LogP contribution < -0.4 is 5.32 Å². The molecule has 6 nitrogen and oxygen atoms in total. The van der Waals surface area contributed by atoms with Crippen LogP contribution >= 0.6 is 23.8 Å². The Morgan fingerprint density at radius 3 is 2.58 bits per heavy atom. The fraction of sp³-hybridized carbons (Fsp3) is 0.227. The van der Waals surface area contributed by atoms with Crippen molar-refractivity contribution in [3.05, 3.63) is 76.5 Å². The van der Waals surface area contributed by atoms with Crippen molar-refractivity contribution in [2.45, 2.75) is 13.0 Å². The SMILES string of the molecule is COCCN1C(=S)NC(c2ccc(F)cc2)C(c2nc(-c3ccc(Cl)cc3)no2)=C1C. The van der Waals surface area contributed by atoms with Gasteiger partial charge in [-0.15, -0.1) is 0 Å². The van der Waals surface area contributed by atoms with Crippen molar-refractivity contribution in [2.75, 3.05) is 20.3 Å². The van der Waals surface area contributed by atoms with Crippen molar-refractivity contribution in [1.82, 2.24) is 20.4 Å². The Kier molecular flexibility index (Phi) is 6.31. The summed E-state index contributed by atoms with van der Waals surface area (Å²) in [6.45, 7) is 3.00. The summed E-state index contributed by atoms with van der Waals surface area (Å²) in [4.78, 5) is 6.55. The van der Waals surface area contributed by atoms with Gasteiger partial charge in [-0.25, -0.2) is 4.39 Å². The normalized spacial score (nSPS) is 16.6. The van der Waals surface area contributed by atoms with Crippen LogP contribution in [0.2, 0.25) is 5.02 Å². The molecule has 160 valence electrons. The molecule has 2 heterocycles. The summed E-state index contributed by atoms with van der Waals surface area (Å²) in [5, 5.41) is 8.64. The average molecular weight is 459 g/mol. The average Bonchev–Trinajstić information content (AvgIpc) is 3.24. The molecule has 0 radical (unpaired) electrons. The van der Waals surface area contributed by atoms with Gasteiger partial charge < -0.3 is 19.5 Å². The number of aromatic nitrogens is 2. The Morgan fingerprint density at radius 1 is 1.19 bits per heavy atom. The van der Waals surface area contributed by atoms with Gasteiger partial charge in [0.2, 0.25) is 5.82 Å². The molecule has 9 heteroatoms. The summed E-state index contributed by atoms with van der Waals surface area (Å²) < 4.78 is 24.4. The second kappa shape index (κ2) is 9.13. The van der Waals surface area contributed by atoms with Gasteiger partial charge in [0.25, 0.3) is 5.89 Å². The molecule has 0 fully saturated rings. The van der Waals surface area contributed by atoms with Crippen molar-refractivity contribution in [3.63, 3.8) is 0 Å². The fourth-order valence-electron chi connectivity index (χ4n) is 3.46. The van der Waals surface area contributed by atoms with E-state index in [0.717, 1.165) is 22.4 Å². The lowest BCUT2D eigenvalue weighted by molar-refractivity contribution is 0.183. The van der Waals surface area contributed by atoms with Crippen molar-refractivity contribution in [2.24, 2.45) is 0 Å². The number of nitrogens with one attached hydrogen (secondary N) is 1. The zero-order valence-electron chi connectivity index (χ0n) is 16.9. The summed E-state index contributed by atoms with van der Waals surface area (Å²) in [7, 11) is 1.64. The fourth-order valence-corrected chi connectivity index (χ4v) is 3.94. The highest BCUT2D eigenvalue weighted by Gasteiger charge is 2.34. The van der Waals surface area contributed by atoms with Gasteiger partial charge in [-0.2, -0.15) is 4.98 Å². The summed E-state index contributed by atoms with van der Waals surface area (Å²) in [6.07, 6.45) is 0. The minimum absolute atomic E-state index is 0.311. The predicted molar refractivity (Wildman–Crippen MR) is 121 cm³/mol. The lowest BCUT2D eigenvalue weighted by Gasteiger charge is -2.37. The molecule has 4 rings (SSSR count). The lowest BCUT2D eigenvalue weighted by Crippen LogP contribution is -2.47. The molecule has 0 saturated carbocycles. The first-order valence-corrected chi connectivity index (χ1v) is 10.4. The number of hydrogen-bond acceptors (Lipinski definition) is 5. The Balaban J connectivity index is 1.78. The summed E-state index contributed by atoms with van der Waals surface area (Å²) in [5.74, 6) is 0.490. The monoisotopic (exact) mass is 458 g/mol. The van der Waals surface area contributed by atoms with Crippen molar-refractivity contribution in [1.29, 1.82) is 0 Å². The van der Waals surface area contributed by atoms with Crippen LogP contribution in [0.3, 0.4) is 0 Å². The number of rotatable bonds is 6. The van der Waals surface area contributed by atoms with E-state index in [1.54, 1.807) is 31.4 Å². The maximum absolute atomic E-state index is 13.5. The minimum Gasteiger partial charge on any atom is -0.383 e. The molecular formula is C22H20ClFN4O2S. The molecule has 31 heavy (non-hydrogen) atoms. The first kappa shape index (κ1) is 21.4. The third-order valence-corrected chi connectivity index (χ3v) is 5.67. The van der Waals surface area contributed by atoms with E-state index >= 15 is 0 Å². The van der Waals surface area contributed by atoms with Gasteiger partial charge in [0.15, 0.2) is 5.11 Å². The first-order chi connectivity index (χ1) is 15.0. The van der Waals surface area contributed by atoms with Crippen molar-refractivity contribution >= 4 is 34.5 Å². The summed E-state index contributed by atoms with van der Waals surface area (Å²) in [5.41, 5.74) is 3.24. The van der Waals surface area contributed by atoms with Crippen LogP contribution in [0.5, 0.6) is 0 Å². The van der Waals surface area contributed by atoms with Gasteiger partial charge in [0.05, 0.1) is 18.2 Å². The molecule has 3 aromatic rings. The molecule has 0 spiro atoms. The Labute approximate surface area is 189 Å². The third-order valence-electron chi connectivity index (χ3n) is 5.08. The molecule has 1 N–H and O–H groups in total. The summed E-state index contributed by atoms with van der Waals surface area (Å²) in [6, 6.07) is 13.1. The molecule has 1 atom stereocenters. The highest BCUT2D eigenvalue weighted by Crippen LogP contribution is 2.37. The number of allylic oxidation sites excluding steroid dienone is 1. The number of halogens is 2. The lowest BCUT2D eigenvalue weighted by atomic mass is 9.95. The van der Waals surface area contributed by atoms with Crippen LogP contribution in [-0.2, 0) is 4.74 Å². The molecule has 1 unspecified atom stereocenters. The van der Waals surface area contributed by atoms with E-state index in [2.05, 4.69) is 15.5 Å². The van der Waals surface area contributed by atoms with Crippen LogP contribution in [0.15, 0.2) is 58.8 Å². The van der Waals surface area contributed by atoms with Gasteiger partial charge >= 0.3 is 0 Å². The number of nitrogens with zero attached hydrogens (tertiary/aromatic N) is 3. The van der Waals surface area contributed by atoms with Gasteiger partial charge in [-0.1, -0.05) is 28.9 Å². The van der Waals surface area contributed by atoms with Gasteiger partial charge in [-0.3, -0.25) is 0 Å². The van der Waals surface area contributed by atoms with Crippen molar-refractivity contribution in [3.8, 4) is 11.4 Å². The number of hydrogen-bond donors (Lipinski definition) is 1. The smallest absolute Gasteiger partial charge is 0.258 e. The van der Waals surface area contributed by atoms with E-state index in [1.807, 2.05) is 24.0 Å². The molecule has 1 aliphatic heterocycles. The van der Waals surface area contributed by atoms with Gasteiger partial charge in [-0.05, 0) is 61.1 Å². The number of thiocarbonyl (C=S) groups is 1. The zero-order chi connectivity index (χ0) is 22.0. The van der Waals surface area contributed by atoms with E-state index < -0.39 is 0 Å². The Hall–Kier alpha value is -2.81. The number of methoxy groups -OCH3 is 1. The maximum atomic E-state index is 13.5. The van der Waals surface area contributed by atoms with E-state index in [0.29, 0.717) is 35.0 Å². The topological polar surface area (TPSA) is 63.4 Å². The molecule has 1 aromatic heterocycles. The number of benzene rings is 2. The quantitative estimate of drug-likeness (QED) is 0.530. The van der Waals surface area contributed by atoms with E-state index in [9.17, 15) is 4.39 Å². The van der Waals surface area contributed by atoms with Crippen LogP contribution in [0.1, 0.15) is 24.4 Å². The van der Waals surface area contributed by atoms with E-state index in [-0.39, 0.29) is 11.9 Å². The highest BCUT2D eigenvalue weighted by atomic mass is 35.5. The molecule has 0 bridgehead atoms. The Bertz CT molecular complexity index is 1120. The molecule has 0 aliphatic carbocycles. The standard InChI is InChI=1S/C22H20ClFN4O2S/c1-13-18(21-26-20(27-30-21)15-3-7-16(23)8-4-15)19(14-5-9-17(24)10-6-14)25-22(31)28(13)11-12-29-2/h3-10,19H,11-12H2,1-2H3,(H,25,31). The van der Waals surface area contributed by atoms with Crippen LogP contribution in [0.4, 0.5) is 4.39 Å². The van der Waals surface area contributed by atoms with E-state index in [4.69, 9.17) is 33.1 Å². The van der Waals surface area contributed by atoms with Crippen molar-refractivity contribution < 1.29 is 13.7 Å². The highest BCUT2D eigenvalue weighted by molar-refractivity contribution is 7.80. The number of ether oxygens (including phenoxy) is 1. The van der Waals surface area contributed by atoms with Gasteiger partial charge in [0.1, 0.15) is 5.82 Å². The zero-order valence-corrected chi connectivity index (χ0v) is 18.5. The van der Waals surface area contributed by atoms with Crippen LogP contribution in [0.25, 0.3) is 17.0 Å². The summed E-state index contributed by atoms with van der Waals surface area (Å²) >= 11 is 11.6. The first-order valence-electron chi connectivity index (χ1n) is 9.61. The molecule has 2 aromatic carbocycles. The van der Waals surface area contributed by atoms with Crippen LogP contribution in [-0.4, -0.2) is 40.4 Å². The third kappa shape index (κ3) is 4.46. The molecule has 1 aliphatic rings. The largest absolute Gasteiger partial charge is 0.383 e. The van der Waals surface area contributed by atoms with Crippen LogP contribution in [0, 0.1) is 5.82 Å². The predicted octanol–water partition coefficient (Wildman–Crippen LogP) is 4.84. The minimum atomic E-state index is -0.370. The molecule has 0 amide bonds. The maximum Gasteiger partial charge on any atom is 0.258 e.